The van der Waals surface area contributed by atoms with E-state index in [0.29, 0.717) is 17.0 Å². The summed E-state index contributed by atoms with van der Waals surface area (Å²) in [6.45, 7) is 0. The van der Waals surface area contributed by atoms with Crippen molar-refractivity contribution >= 4 is 12.0 Å². The first kappa shape index (κ1) is 14.0. The summed E-state index contributed by atoms with van der Waals surface area (Å²) in [5.41, 5.74) is 1.65. The Bertz CT molecular complexity index is 615. The van der Waals surface area contributed by atoms with Crippen molar-refractivity contribution in [2.45, 2.75) is 0 Å². The number of quaternary nitrogens is 1. The van der Waals surface area contributed by atoms with Crippen molar-refractivity contribution in [1.82, 2.24) is 5.16 Å². The van der Waals surface area contributed by atoms with E-state index >= 15 is 0 Å². The van der Waals surface area contributed by atoms with Crippen LogP contribution in [0.15, 0.2) is 41.1 Å². The van der Waals surface area contributed by atoms with Gasteiger partial charge in [0.1, 0.15) is 11.3 Å². The highest BCUT2D eigenvalue weighted by Gasteiger charge is 2.23. The zero-order valence-electron chi connectivity index (χ0n) is 11.7. The van der Waals surface area contributed by atoms with Crippen molar-refractivity contribution in [3.05, 3.63) is 47.9 Å². The van der Waals surface area contributed by atoms with Crippen molar-refractivity contribution in [1.29, 1.82) is 0 Å². The molecule has 1 N–H and O–H groups in total. The third-order valence-corrected chi connectivity index (χ3v) is 2.72. The molecule has 0 radical (unpaired) electrons. The van der Waals surface area contributed by atoms with Gasteiger partial charge in [-0.05, 0) is 0 Å². The second-order valence-corrected chi connectivity index (χ2v) is 4.54. The van der Waals surface area contributed by atoms with E-state index in [1.165, 1.54) is 7.11 Å². The van der Waals surface area contributed by atoms with E-state index in [2.05, 4.69) is 5.16 Å². The molecule has 0 spiro atoms. The Labute approximate surface area is 117 Å². The van der Waals surface area contributed by atoms with Crippen LogP contribution in [0.2, 0.25) is 0 Å². The average Bonchev–Trinajstić information content (AvgIpc) is 2.89. The van der Waals surface area contributed by atoms with E-state index in [9.17, 15) is 4.79 Å². The van der Waals surface area contributed by atoms with Gasteiger partial charge in [0.2, 0.25) is 0 Å². The maximum Gasteiger partial charge on any atom is 0.344 e. The van der Waals surface area contributed by atoms with Crippen LogP contribution >= 0.6 is 0 Å². The number of nitrogens with zero attached hydrogens (tertiary/aromatic N) is 1. The molecule has 1 heterocycles. The van der Waals surface area contributed by atoms with Gasteiger partial charge in [0.05, 0.1) is 27.4 Å². The highest BCUT2D eigenvalue weighted by Crippen LogP contribution is 2.26. The van der Waals surface area contributed by atoms with Gasteiger partial charge < -0.3 is 14.2 Å². The highest BCUT2D eigenvalue weighted by atomic mass is 16.5. The molecular formula is C15H17N2O3+. The topological polar surface area (TPSA) is 56.8 Å². The summed E-state index contributed by atoms with van der Waals surface area (Å²) in [6.07, 6.45) is 3.59. The van der Waals surface area contributed by atoms with E-state index in [1.807, 2.05) is 50.6 Å². The van der Waals surface area contributed by atoms with Gasteiger partial charge in [-0.25, -0.2) is 4.79 Å². The average molecular weight is 273 g/mol. The van der Waals surface area contributed by atoms with Crippen molar-refractivity contribution in [3.8, 4) is 11.3 Å². The summed E-state index contributed by atoms with van der Waals surface area (Å²) in [6, 6.07) is 9.40. The van der Waals surface area contributed by atoms with Crippen molar-refractivity contribution < 1.29 is 19.0 Å². The Morgan fingerprint density at radius 3 is 2.60 bits per heavy atom. The fourth-order valence-electron chi connectivity index (χ4n) is 1.75. The predicted octanol–water partition coefficient (Wildman–Crippen LogP) is 1.24. The lowest BCUT2D eigenvalue weighted by Crippen LogP contribution is -3.00. The molecule has 104 valence electrons. The van der Waals surface area contributed by atoms with Crippen LogP contribution in [-0.4, -0.2) is 32.3 Å². The first-order chi connectivity index (χ1) is 9.63. The van der Waals surface area contributed by atoms with Gasteiger partial charge in [-0.1, -0.05) is 35.5 Å². The molecule has 1 aromatic carbocycles. The first-order valence-corrected chi connectivity index (χ1v) is 6.25. The molecular weight excluding hydrogens is 256 g/mol. The second kappa shape index (κ2) is 6.16. The quantitative estimate of drug-likeness (QED) is 0.852. The summed E-state index contributed by atoms with van der Waals surface area (Å²) in [7, 11) is 5.26. The molecule has 0 atom stereocenters. The summed E-state index contributed by atoms with van der Waals surface area (Å²) in [5, 5.41) is 4.00. The fraction of sp³-hybridized carbons (Fsp3) is 0.200. The number of methoxy groups -OCH3 is 1. The van der Waals surface area contributed by atoms with Crippen LogP contribution in [0.3, 0.4) is 0 Å². The van der Waals surface area contributed by atoms with Crippen molar-refractivity contribution in [2.24, 2.45) is 0 Å². The molecule has 0 saturated heterocycles. The minimum Gasteiger partial charge on any atom is -0.465 e. The number of hydrogen-bond donors (Lipinski definition) is 1. The highest BCUT2D eigenvalue weighted by molar-refractivity contribution is 5.98. The molecule has 0 saturated carbocycles. The summed E-state index contributed by atoms with van der Waals surface area (Å²) in [5.74, 6) is -0.0598. The third-order valence-electron chi connectivity index (χ3n) is 2.72. The Morgan fingerprint density at radius 1 is 1.30 bits per heavy atom. The largest absolute Gasteiger partial charge is 0.465 e. The summed E-state index contributed by atoms with van der Waals surface area (Å²) < 4.78 is 10.1. The number of hydrogen-bond acceptors (Lipinski definition) is 4. The molecule has 2 rings (SSSR count). The number of rotatable bonds is 4. The maximum absolute atomic E-state index is 12.0. The van der Waals surface area contributed by atoms with Gasteiger partial charge in [-0.2, -0.15) is 0 Å². The summed E-state index contributed by atoms with van der Waals surface area (Å²) >= 11 is 0. The SMILES string of the molecule is COC(=O)c1c(-c2ccccc2)noc1/C=C/[NH+](C)C. The van der Waals surface area contributed by atoms with Gasteiger partial charge in [-0.15, -0.1) is 0 Å². The molecule has 1 aromatic heterocycles. The van der Waals surface area contributed by atoms with Gasteiger partial charge in [0.15, 0.2) is 5.76 Å². The third kappa shape index (κ3) is 2.95. The Morgan fingerprint density at radius 2 is 2.00 bits per heavy atom. The van der Waals surface area contributed by atoms with Gasteiger partial charge in [0, 0.05) is 11.6 Å². The van der Waals surface area contributed by atoms with Crippen LogP contribution in [0.1, 0.15) is 16.1 Å². The molecule has 0 aliphatic heterocycles. The Hall–Kier alpha value is -2.40. The normalized spacial score (nSPS) is 11.2. The number of esters is 1. The van der Waals surface area contributed by atoms with Crippen LogP contribution < -0.4 is 4.90 Å². The predicted molar refractivity (Wildman–Crippen MR) is 75.1 cm³/mol. The minimum atomic E-state index is -0.460. The van der Waals surface area contributed by atoms with E-state index in [4.69, 9.17) is 9.26 Å². The van der Waals surface area contributed by atoms with Gasteiger partial charge in [0.25, 0.3) is 0 Å². The maximum atomic E-state index is 12.0. The number of benzene rings is 1. The molecule has 20 heavy (non-hydrogen) atoms. The Kier molecular flexibility index (Phi) is 4.32. The van der Waals surface area contributed by atoms with Crippen molar-refractivity contribution in [3.63, 3.8) is 0 Å². The van der Waals surface area contributed by atoms with Crippen LogP contribution in [-0.2, 0) is 4.74 Å². The van der Waals surface area contributed by atoms with Crippen LogP contribution in [0.25, 0.3) is 17.3 Å². The number of aromatic nitrogens is 1. The fourth-order valence-corrected chi connectivity index (χ4v) is 1.75. The Balaban J connectivity index is 2.51. The summed E-state index contributed by atoms with van der Waals surface area (Å²) in [4.78, 5) is 13.1. The molecule has 0 bridgehead atoms. The number of carbonyl (C=O) groups excluding carboxylic acids is 1. The number of carbonyl (C=O) groups is 1. The van der Waals surface area contributed by atoms with Crippen molar-refractivity contribution in [2.75, 3.05) is 21.2 Å². The van der Waals surface area contributed by atoms with Crippen LogP contribution in [0.4, 0.5) is 0 Å². The lowest BCUT2D eigenvalue weighted by atomic mass is 10.1. The molecule has 0 aliphatic carbocycles. The number of ether oxygens (including phenoxy) is 1. The lowest BCUT2D eigenvalue weighted by Gasteiger charge is -2.01. The van der Waals surface area contributed by atoms with Crippen LogP contribution in [0, 0.1) is 0 Å². The smallest absolute Gasteiger partial charge is 0.344 e. The standard InChI is InChI=1S/C15H16N2O3/c1-17(2)10-9-12-13(15(18)19-3)14(16-20-12)11-7-5-4-6-8-11/h4-10H,1-3H3/p+1/b10-9+. The van der Waals surface area contributed by atoms with Gasteiger partial charge >= 0.3 is 5.97 Å². The second-order valence-electron chi connectivity index (χ2n) is 4.54. The molecule has 0 amide bonds. The van der Waals surface area contributed by atoms with E-state index in [-0.39, 0.29) is 0 Å². The lowest BCUT2D eigenvalue weighted by molar-refractivity contribution is -0.800. The zero-order valence-corrected chi connectivity index (χ0v) is 11.7. The van der Waals surface area contributed by atoms with E-state index in [1.54, 1.807) is 6.08 Å². The molecule has 5 heteroatoms. The van der Waals surface area contributed by atoms with E-state index < -0.39 is 5.97 Å². The van der Waals surface area contributed by atoms with Crippen LogP contribution in [0.5, 0.6) is 0 Å². The molecule has 0 aliphatic rings. The minimum absolute atomic E-state index is 0.344. The molecule has 2 aromatic rings. The molecule has 0 unspecified atom stereocenters. The molecule has 0 fully saturated rings. The molecule has 5 nitrogen and oxygen atoms in total. The monoisotopic (exact) mass is 273 g/mol. The first-order valence-electron chi connectivity index (χ1n) is 6.25. The number of nitrogens with one attached hydrogen (secondary N) is 1. The van der Waals surface area contributed by atoms with Gasteiger partial charge in [-0.3, -0.25) is 0 Å². The zero-order chi connectivity index (χ0) is 14.5. The van der Waals surface area contributed by atoms with E-state index in [0.717, 1.165) is 10.5 Å².